The minimum atomic E-state index is 0.397. The normalized spacial score (nSPS) is 19.9. The second-order valence-electron chi connectivity index (χ2n) is 5.04. The summed E-state index contributed by atoms with van der Waals surface area (Å²) in [6.07, 6.45) is 1.15. The Balaban J connectivity index is 2.08. The summed E-state index contributed by atoms with van der Waals surface area (Å²) >= 11 is 0. The minimum Gasteiger partial charge on any atom is -0.383 e. The van der Waals surface area contributed by atoms with Gasteiger partial charge >= 0.3 is 0 Å². The molecule has 0 saturated heterocycles. The third-order valence-electron chi connectivity index (χ3n) is 3.63. The van der Waals surface area contributed by atoms with E-state index >= 15 is 0 Å². The molecule has 1 N–H and O–H groups in total. The molecule has 0 radical (unpaired) electrons. The maximum absolute atomic E-state index is 5.30. The fourth-order valence-electron chi connectivity index (χ4n) is 2.81. The van der Waals surface area contributed by atoms with Gasteiger partial charge in [0, 0.05) is 31.4 Å². The summed E-state index contributed by atoms with van der Waals surface area (Å²) in [7, 11) is 1.77. The first kappa shape index (κ1) is 13.4. The van der Waals surface area contributed by atoms with Crippen molar-refractivity contribution < 1.29 is 4.74 Å². The molecule has 1 aromatic carbocycles. The standard InChI is InChI=1S/C15H24N2O/c1-4-16-14(11-18-3)10-17-12(2)9-13-7-5-6-8-15(13)17/h5-8,12,14,16H,4,9-11H2,1-3H3. The average Bonchev–Trinajstić information content (AvgIpc) is 2.67. The fraction of sp³-hybridized carbons (Fsp3) is 0.600. The van der Waals surface area contributed by atoms with Crippen LogP contribution in [-0.4, -0.2) is 38.9 Å². The molecule has 3 nitrogen and oxygen atoms in total. The Bertz CT molecular complexity index is 375. The van der Waals surface area contributed by atoms with Gasteiger partial charge in [-0.1, -0.05) is 25.1 Å². The second kappa shape index (κ2) is 6.21. The van der Waals surface area contributed by atoms with E-state index in [1.165, 1.54) is 11.3 Å². The summed E-state index contributed by atoms with van der Waals surface area (Å²) in [5.74, 6) is 0. The number of benzene rings is 1. The van der Waals surface area contributed by atoms with Crippen LogP contribution < -0.4 is 10.2 Å². The molecular weight excluding hydrogens is 224 g/mol. The predicted octanol–water partition coefficient (Wildman–Crippen LogP) is 2.06. The van der Waals surface area contributed by atoms with E-state index in [4.69, 9.17) is 4.74 Å². The molecule has 0 aliphatic carbocycles. The Morgan fingerprint density at radius 3 is 2.94 bits per heavy atom. The van der Waals surface area contributed by atoms with Crippen LogP contribution in [0.1, 0.15) is 19.4 Å². The van der Waals surface area contributed by atoms with E-state index in [0.717, 1.165) is 26.1 Å². The van der Waals surface area contributed by atoms with Crippen LogP contribution in [-0.2, 0) is 11.2 Å². The van der Waals surface area contributed by atoms with Gasteiger partial charge in [0.2, 0.25) is 0 Å². The molecule has 1 aliphatic heterocycles. The van der Waals surface area contributed by atoms with Crippen LogP contribution >= 0.6 is 0 Å². The molecule has 0 amide bonds. The van der Waals surface area contributed by atoms with Gasteiger partial charge in [-0.25, -0.2) is 0 Å². The number of rotatable bonds is 6. The Hall–Kier alpha value is -1.06. The molecule has 1 heterocycles. The highest BCUT2D eigenvalue weighted by molar-refractivity contribution is 5.59. The minimum absolute atomic E-state index is 0.397. The SMILES string of the molecule is CCNC(COC)CN1c2ccccc2CC1C. The topological polar surface area (TPSA) is 24.5 Å². The summed E-state index contributed by atoms with van der Waals surface area (Å²) in [5.41, 5.74) is 2.86. The zero-order valence-electron chi connectivity index (χ0n) is 11.6. The number of hydrogen-bond acceptors (Lipinski definition) is 3. The van der Waals surface area contributed by atoms with Gasteiger partial charge in [0.25, 0.3) is 0 Å². The number of anilines is 1. The van der Waals surface area contributed by atoms with Crippen LogP contribution in [0.2, 0.25) is 0 Å². The van der Waals surface area contributed by atoms with Crippen molar-refractivity contribution in [3.8, 4) is 0 Å². The van der Waals surface area contributed by atoms with Crippen LogP contribution in [0.5, 0.6) is 0 Å². The molecular formula is C15H24N2O. The van der Waals surface area contributed by atoms with E-state index in [1.807, 2.05) is 0 Å². The molecule has 0 aromatic heterocycles. The first-order chi connectivity index (χ1) is 8.76. The predicted molar refractivity (Wildman–Crippen MR) is 76.3 cm³/mol. The number of para-hydroxylation sites is 1. The molecule has 2 atom stereocenters. The van der Waals surface area contributed by atoms with Crippen molar-refractivity contribution in [3.63, 3.8) is 0 Å². The molecule has 2 rings (SSSR count). The van der Waals surface area contributed by atoms with E-state index < -0.39 is 0 Å². The van der Waals surface area contributed by atoms with Gasteiger partial charge in [0.05, 0.1) is 6.61 Å². The molecule has 1 aromatic rings. The molecule has 1 aliphatic rings. The molecule has 2 unspecified atom stereocenters. The number of hydrogen-bond donors (Lipinski definition) is 1. The lowest BCUT2D eigenvalue weighted by molar-refractivity contribution is 0.168. The molecule has 100 valence electrons. The number of ether oxygens (including phenoxy) is 1. The van der Waals surface area contributed by atoms with E-state index in [0.29, 0.717) is 12.1 Å². The van der Waals surface area contributed by atoms with Gasteiger partial charge in [-0.3, -0.25) is 0 Å². The monoisotopic (exact) mass is 248 g/mol. The number of nitrogens with one attached hydrogen (secondary N) is 1. The lowest BCUT2D eigenvalue weighted by Gasteiger charge is -2.30. The van der Waals surface area contributed by atoms with Crippen molar-refractivity contribution in [1.82, 2.24) is 5.32 Å². The first-order valence-corrected chi connectivity index (χ1v) is 6.83. The number of likely N-dealkylation sites (N-methyl/N-ethyl adjacent to an activating group) is 1. The first-order valence-electron chi connectivity index (χ1n) is 6.83. The summed E-state index contributed by atoms with van der Waals surface area (Å²) in [4.78, 5) is 2.50. The van der Waals surface area contributed by atoms with Gasteiger partial charge in [0.1, 0.15) is 0 Å². The largest absolute Gasteiger partial charge is 0.383 e. The molecule has 18 heavy (non-hydrogen) atoms. The van der Waals surface area contributed by atoms with E-state index in [2.05, 4.69) is 48.3 Å². The number of methoxy groups -OCH3 is 1. The Morgan fingerprint density at radius 2 is 2.22 bits per heavy atom. The Labute approximate surface area is 110 Å². The van der Waals surface area contributed by atoms with E-state index in [1.54, 1.807) is 7.11 Å². The van der Waals surface area contributed by atoms with Crippen molar-refractivity contribution >= 4 is 5.69 Å². The number of fused-ring (bicyclic) bond motifs is 1. The second-order valence-corrected chi connectivity index (χ2v) is 5.04. The van der Waals surface area contributed by atoms with Gasteiger partial charge in [-0.2, -0.15) is 0 Å². The zero-order chi connectivity index (χ0) is 13.0. The highest BCUT2D eigenvalue weighted by Gasteiger charge is 2.27. The lowest BCUT2D eigenvalue weighted by atomic mass is 10.1. The van der Waals surface area contributed by atoms with Crippen molar-refractivity contribution in [2.24, 2.45) is 0 Å². The van der Waals surface area contributed by atoms with Crippen LogP contribution in [0.4, 0.5) is 5.69 Å². The fourth-order valence-corrected chi connectivity index (χ4v) is 2.81. The molecule has 0 spiro atoms. The molecule has 3 heteroatoms. The van der Waals surface area contributed by atoms with E-state index in [-0.39, 0.29) is 0 Å². The van der Waals surface area contributed by atoms with Crippen molar-refractivity contribution in [3.05, 3.63) is 29.8 Å². The maximum atomic E-state index is 5.30. The van der Waals surface area contributed by atoms with Crippen molar-refractivity contribution in [2.75, 3.05) is 31.7 Å². The summed E-state index contributed by atoms with van der Waals surface area (Å²) in [6.45, 7) is 7.21. The smallest absolute Gasteiger partial charge is 0.0633 e. The lowest BCUT2D eigenvalue weighted by Crippen LogP contribution is -2.45. The van der Waals surface area contributed by atoms with Gasteiger partial charge in [-0.15, -0.1) is 0 Å². The molecule has 0 saturated carbocycles. The average molecular weight is 248 g/mol. The third kappa shape index (κ3) is 2.85. The zero-order valence-corrected chi connectivity index (χ0v) is 11.6. The van der Waals surface area contributed by atoms with Crippen LogP contribution in [0.15, 0.2) is 24.3 Å². The van der Waals surface area contributed by atoms with Crippen LogP contribution in [0.3, 0.4) is 0 Å². The van der Waals surface area contributed by atoms with Gasteiger partial charge in [-0.05, 0) is 31.5 Å². The summed E-state index contributed by atoms with van der Waals surface area (Å²) in [5, 5.41) is 3.50. The van der Waals surface area contributed by atoms with Crippen LogP contribution in [0.25, 0.3) is 0 Å². The summed E-state index contributed by atoms with van der Waals surface area (Å²) < 4.78 is 5.30. The van der Waals surface area contributed by atoms with Gasteiger partial charge in [0.15, 0.2) is 0 Å². The molecule has 0 bridgehead atoms. The quantitative estimate of drug-likeness (QED) is 0.834. The maximum Gasteiger partial charge on any atom is 0.0633 e. The van der Waals surface area contributed by atoms with E-state index in [9.17, 15) is 0 Å². The van der Waals surface area contributed by atoms with Crippen molar-refractivity contribution in [1.29, 1.82) is 0 Å². The van der Waals surface area contributed by atoms with Crippen molar-refractivity contribution in [2.45, 2.75) is 32.4 Å². The summed E-state index contributed by atoms with van der Waals surface area (Å²) in [6, 6.07) is 9.71. The Kier molecular flexibility index (Phi) is 4.61. The highest BCUT2D eigenvalue weighted by atomic mass is 16.5. The number of nitrogens with zero attached hydrogens (tertiary/aromatic N) is 1. The van der Waals surface area contributed by atoms with Gasteiger partial charge < -0.3 is 15.0 Å². The van der Waals surface area contributed by atoms with Crippen LogP contribution in [0, 0.1) is 0 Å². The third-order valence-corrected chi connectivity index (χ3v) is 3.63. The Morgan fingerprint density at radius 1 is 1.44 bits per heavy atom. The molecule has 0 fully saturated rings. The highest BCUT2D eigenvalue weighted by Crippen LogP contribution is 2.31.